The molecular weight excluding hydrogens is 148 g/mol. The lowest BCUT2D eigenvalue weighted by Crippen LogP contribution is -2.12. The summed E-state index contributed by atoms with van der Waals surface area (Å²) in [7, 11) is 0. The summed E-state index contributed by atoms with van der Waals surface area (Å²) >= 11 is 0. The first-order valence-corrected chi connectivity index (χ1v) is 5.29. The molecule has 0 spiro atoms. The normalized spacial score (nSPS) is 29.5. The molecule has 1 saturated heterocycles. The van der Waals surface area contributed by atoms with Crippen molar-refractivity contribution in [2.75, 3.05) is 6.61 Å². The SMILES string of the molecule is [CH2]C1CCOC1CCCCCC. The molecule has 0 amide bonds. The Kier molecular flexibility index (Phi) is 4.67. The maximum Gasteiger partial charge on any atom is 0.0604 e. The highest BCUT2D eigenvalue weighted by Crippen LogP contribution is 2.24. The van der Waals surface area contributed by atoms with Crippen molar-refractivity contribution in [3.05, 3.63) is 6.92 Å². The fraction of sp³-hybridized carbons (Fsp3) is 0.909. The van der Waals surface area contributed by atoms with Gasteiger partial charge >= 0.3 is 0 Å². The smallest absolute Gasteiger partial charge is 0.0604 e. The molecule has 71 valence electrons. The molecule has 0 N–H and O–H groups in total. The van der Waals surface area contributed by atoms with Crippen molar-refractivity contribution in [2.45, 2.75) is 51.6 Å². The van der Waals surface area contributed by atoms with Crippen LogP contribution >= 0.6 is 0 Å². The maximum atomic E-state index is 5.58. The van der Waals surface area contributed by atoms with Crippen LogP contribution in [0.15, 0.2) is 0 Å². The van der Waals surface area contributed by atoms with Crippen LogP contribution in [-0.2, 0) is 4.74 Å². The van der Waals surface area contributed by atoms with Gasteiger partial charge in [-0.05, 0) is 25.7 Å². The molecule has 0 aromatic rings. The summed E-state index contributed by atoms with van der Waals surface area (Å²) in [5, 5.41) is 0. The Morgan fingerprint density at radius 3 is 2.75 bits per heavy atom. The van der Waals surface area contributed by atoms with Gasteiger partial charge in [-0.15, -0.1) is 0 Å². The lowest BCUT2D eigenvalue weighted by molar-refractivity contribution is 0.0892. The zero-order chi connectivity index (χ0) is 8.81. The van der Waals surface area contributed by atoms with E-state index in [4.69, 9.17) is 4.74 Å². The van der Waals surface area contributed by atoms with Gasteiger partial charge in [0.2, 0.25) is 0 Å². The molecule has 0 bridgehead atoms. The van der Waals surface area contributed by atoms with E-state index in [1.807, 2.05) is 0 Å². The molecule has 1 aliphatic rings. The van der Waals surface area contributed by atoms with Crippen molar-refractivity contribution in [2.24, 2.45) is 5.92 Å². The topological polar surface area (TPSA) is 9.23 Å². The van der Waals surface area contributed by atoms with Crippen LogP contribution in [0.5, 0.6) is 0 Å². The van der Waals surface area contributed by atoms with Crippen LogP contribution in [0.1, 0.15) is 45.4 Å². The van der Waals surface area contributed by atoms with E-state index in [9.17, 15) is 0 Å². The van der Waals surface area contributed by atoms with Crippen molar-refractivity contribution in [3.8, 4) is 0 Å². The minimum Gasteiger partial charge on any atom is -0.378 e. The van der Waals surface area contributed by atoms with E-state index in [1.165, 1.54) is 38.5 Å². The van der Waals surface area contributed by atoms with Crippen molar-refractivity contribution >= 4 is 0 Å². The molecule has 2 atom stereocenters. The Morgan fingerprint density at radius 1 is 1.33 bits per heavy atom. The molecule has 0 aromatic heterocycles. The van der Waals surface area contributed by atoms with Crippen molar-refractivity contribution in [3.63, 3.8) is 0 Å². The summed E-state index contributed by atoms with van der Waals surface area (Å²) in [5.41, 5.74) is 0. The Bertz CT molecular complexity index is 112. The first-order valence-electron chi connectivity index (χ1n) is 5.29. The molecular formula is C11H21O. The molecule has 1 aliphatic heterocycles. The second kappa shape index (κ2) is 5.58. The van der Waals surface area contributed by atoms with Gasteiger partial charge in [0.15, 0.2) is 0 Å². The van der Waals surface area contributed by atoms with Gasteiger partial charge in [0.05, 0.1) is 6.10 Å². The van der Waals surface area contributed by atoms with Crippen LogP contribution in [0.25, 0.3) is 0 Å². The van der Waals surface area contributed by atoms with Gasteiger partial charge in [-0.25, -0.2) is 0 Å². The van der Waals surface area contributed by atoms with E-state index in [-0.39, 0.29) is 0 Å². The Hall–Kier alpha value is -0.0400. The standard InChI is InChI=1S/C11H21O/c1-3-4-5-6-7-11-10(2)8-9-12-11/h10-11H,2-9H2,1H3. The maximum absolute atomic E-state index is 5.58. The van der Waals surface area contributed by atoms with Gasteiger partial charge in [0.25, 0.3) is 0 Å². The predicted octanol–water partition coefficient (Wildman–Crippen LogP) is 3.20. The average Bonchev–Trinajstić information content (AvgIpc) is 2.46. The van der Waals surface area contributed by atoms with Crippen molar-refractivity contribution in [1.82, 2.24) is 0 Å². The summed E-state index contributed by atoms with van der Waals surface area (Å²) < 4.78 is 5.58. The third-order valence-electron chi connectivity index (χ3n) is 2.69. The van der Waals surface area contributed by atoms with Crippen LogP contribution in [0, 0.1) is 12.8 Å². The molecule has 12 heavy (non-hydrogen) atoms. The van der Waals surface area contributed by atoms with Gasteiger partial charge in [-0.3, -0.25) is 0 Å². The summed E-state index contributed by atoms with van der Waals surface area (Å²) in [4.78, 5) is 0. The molecule has 1 radical (unpaired) electrons. The number of hydrogen-bond donors (Lipinski definition) is 0. The lowest BCUT2D eigenvalue weighted by Gasteiger charge is -2.13. The van der Waals surface area contributed by atoms with E-state index < -0.39 is 0 Å². The number of ether oxygens (including phenoxy) is 1. The summed E-state index contributed by atoms with van der Waals surface area (Å²) in [6, 6.07) is 0. The van der Waals surface area contributed by atoms with Crippen LogP contribution < -0.4 is 0 Å². The molecule has 1 nitrogen and oxygen atoms in total. The molecule has 1 rings (SSSR count). The van der Waals surface area contributed by atoms with Gasteiger partial charge in [-0.1, -0.05) is 32.6 Å². The molecule has 2 unspecified atom stereocenters. The van der Waals surface area contributed by atoms with E-state index in [0.717, 1.165) is 6.61 Å². The average molecular weight is 169 g/mol. The van der Waals surface area contributed by atoms with E-state index in [0.29, 0.717) is 12.0 Å². The third-order valence-corrected chi connectivity index (χ3v) is 2.69. The van der Waals surface area contributed by atoms with Crippen LogP contribution in [0.3, 0.4) is 0 Å². The van der Waals surface area contributed by atoms with Crippen molar-refractivity contribution < 1.29 is 4.74 Å². The number of unbranched alkanes of at least 4 members (excludes halogenated alkanes) is 3. The second-order valence-electron chi connectivity index (χ2n) is 3.81. The van der Waals surface area contributed by atoms with Crippen LogP contribution in [0.2, 0.25) is 0 Å². The molecule has 0 aromatic carbocycles. The number of rotatable bonds is 5. The summed E-state index contributed by atoms with van der Waals surface area (Å²) in [6.45, 7) is 7.28. The highest BCUT2D eigenvalue weighted by molar-refractivity contribution is 4.77. The first-order chi connectivity index (χ1) is 5.84. The Morgan fingerprint density at radius 2 is 2.17 bits per heavy atom. The first kappa shape index (κ1) is 10.0. The van der Waals surface area contributed by atoms with Crippen LogP contribution in [0.4, 0.5) is 0 Å². The zero-order valence-corrected chi connectivity index (χ0v) is 8.22. The fourth-order valence-corrected chi connectivity index (χ4v) is 1.78. The monoisotopic (exact) mass is 169 g/mol. The molecule has 0 saturated carbocycles. The highest BCUT2D eigenvalue weighted by atomic mass is 16.5. The van der Waals surface area contributed by atoms with E-state index >= 15 is 0 Å². The zero-order valence-electron chi connectivity index (χ0n) is 8.22. The number of hydrogen-bond acceptors (Lipinski definition) is 1. The molecule has 1 fully saturated rings. The Labute approximate surface area is 76.5 Å². The minimum atomic E-state index is 0.474. The third kappa shape index (κ3) is 3.14. The minimum absolute atomic E-state index is 0.474. The molecule has 0 aliphatic carbocycles. The van der Waals surface area contributed by atoms with Gasteiger partial charge < -0.3 is 4.74 Å². The van der Waals surface area contributed by atoms with Crippen molar-refractivity contribution in [1.29, 1.82) is 0 Å². The Balaban J connectivity index is 1.98. The molecule has 1 heteroatoms. The fourth-order valence-electron chi connectivity index (χ4n) is 1.78. The van der Waals surface area contributed by atoms with E-state index in [1.54, 1.807) is 0 Å². The quantitative estimate of drug-likeness (QED) is 0.574. The van der Waals surface area contributed by atoms with Crippen LogP contribution in [-0.4, -0.2) is 12.7 Å². The largest absolute Gasteiger partial charge is 0.378 e. The highest BCUT2D eigenvalue weighted by Gasteiger charge is 2.23. The van der Waals surface area contributed by atoms with Gasteiger partial charge in [0, 0.05) is 6.61 Å². The predicted molar refractivity (Wildman–Crippen MR) is 52.0 cm³/mol. The van der Waals surface area contributed by atoms with E-state index in [2.05, 4.69) is 13.8 Å². The van der Waals surface area contributed by atoms with Gasteiger partial charge in [-0.2, -0.15) is 0 Å². The summed E-state index contributed by atoms with van der Waals surface area (Å²) in [6.07, 6.45) is 8.25. The molecule has 1 heterocycles. The summed E-state index contributed by atoms with van der Waals surface area (Å²) in [5.74, 6) is 0.562. The lowest BCUT2D eigenvalue weighted by atomic mass is 9.99. The second-order valence-corrected chi connectivity index (χ2v) is 3.81. The van der Waals surface area contributed by atoms with Gasteiger partial charge in [0.1, 0.15) is 0 Å².